The normalized spacial score (nSPS) is 12.7. The van der Waals surface area contributed by atoms with Gasteiger partial charge in [-0.2, -0.15) is 0 Å². The summed E-state index contributed by atoms with van der Waals surface area (Å²) >= 11 is 0. The Morgan fingerprint density at radius 2 is 2.00 bits per heavy atom. The van der Waals surface area contributed by atoms with Gasteiger partial charge in [-0.15, -0.1) is 0 Å². The summed E-state index contributed by atoms with van der Waals surface area (Å²) in [6.45, 7) is 3.93. The monoisotopic (exact) mass is 246 g/mol. The van der Waals surface area contributed by atoms with Gasteiger partial charge in [-0.05, 0) is 12.8 Å². The fourth-order valence-electron chi connectivity index (χ4n) is 0.820. The van der Waals surface area contributed by atoms with Gasteiger partial charge >= 0.3 is 23.1 Å². The summed E-state index contributed by atoms with van der Waals surface area (Å²) in [5.74, 6) is -0.594. The molecule has 1 atom stereocenters. The predicted molar refractivity (Wildman–Crippen MR) is 57.4 cm³/mol. The molecule has 0 fully saturated rings. The minimum Gasteiger partial charge on any atom is -0.748 e. The van der Waals surface area contributed by atoms with Gasteiger partial charge in [-0.1, -0.05) is 13.8 Å². The molecule has 15 heavy (non-hydrogen) atoms. The molecule has 0 aliphatic rings. The number of amides is 1. The van der Waals surface area contributed by atoms with Gasteiger partial charge in [0.25, 0.3) is 0 Å². The number of rotatable bonds is 6. The molecule has 0 saturated heterocycles. The molecule has 0 saturated carbocycles. The molecule has 7 heteroatoms. The molecule has 0 aliphatic heterocycles. The number of nitrogens with one attached hydrogen (secondary N) is 1. The van der Waals surface area contributed by atoms with Crippen molar-refractivity contribution in [2.75, 3.05) is 12.3 Å². The van der Waals surface area contributed by atoms with Crippen molar-refractivity contribution >= 4 is 39.1 Å². The van der Waals surface area contributed by atoms with Crippen molar-refractivity contribution < 1.29 is 17.8 Å². The van der Waals surface area contributed by atoms with Gasteiger partial charge < -0.3 is 9.87 Å². The second-order valence-electron chi connectivity index (χ2n) is 3.22. The van der Waals surface area contributed by atoms with Gasteiger partial charge in [0.1, 0.15) is 0 Å². The van der Waals surface area contributed by atoms with E-state index in [1.807, 2.05) is 6.92 Å². The third-order valence-electron chi connectivity index (χ3n) is 1.93. The van der Waals surface area contributed by atoms with Crippen molar-refractivity contribution in [3.63, 3.8) is 0 Å². The van der Waals surface area contributed by atoms with Crippen LogP contribution in [0.3, 0.4) is 0 Å². The maximum atomic E-state index is 11.2. The summed E-state index contributed by atoms with van der Waals surface area (Å²) < 4.78 is 30.6. The Morgan fingerprint density at radius 1 is 1.47 bits per heavy atom. The summed E-state index contributed by atoms with van der Waals surface area (Å²) in [5.41, 5.74) is 0. The average Bonchev–Trinajstić information content (AvgIpc) is 2.09. The van der Waals surface area contributed by atoms with E-state index in [2.05, 4.69) is 5.32 Å². The zero-order valence-corrected chi connectivity index (χ0v) is 11.4. The second kappa shape index (κ2) is 8.32. The molecule has 0 heterocycles. The van der Waals surface area contributed by atoms with E-state index in [1.54, 1.807) is 6.92 Å². The van der Waals surface area contributed by atoms with Crippen LogP contribution in [-0.4, -0.2) is 54.2 Å². The summed E-state index contributed by atoms with van der Waals surface area (Å²) in [4.78, 5) is 11.2. The van der Waals surface area contributed by atoms with E-state index in [0.29, 0.717) is 0 Å². The summed E-state index contributed by atoms with van der Waals surface area (Å²) in [6.07, 6.45) is 0.916. The van der Waals surface area contributed by atoms with Crippen molar-refractivity contribution in [3.8, 4) is 0 Å². The van der Waals surface area contributed by atoms with Crippen LogP contribution in [0, 0.1) is 5.92 Å². The Labute approximate surface area is 107 Å². The molecule has 1 N–H and O–H groups in total. The molecular weight excluding hydrogens is 230 g/mol. The van der Waals surface area contributed by atoms with E-state index in [9.17, 15) is 17.8 Å². The van der Waals surface area contributed by atoms with Gasteiger partial charge in [0, 0.05) is 18.2 Å². The van der Waals surface area contributed by atoms with Crippen molar-refractivity contribution in [3.05, 3.63) is 0 Å². The number of carbonyl (C=O) groups excluding carboxylic acids is 1. The first-order valence-electron chi connectivity index (χ1n) is 4.58. The van der Waals surface area contributed by atoms with Crippen LogP contribution >= 0.6 is 0 Å². The van der Waals surface area contributed by atoms with Crippen LogP contribution in [0.5, 0.6) is 0 Å². The van der Waals surface area contributed by atoms with E-state index in [4.69, 9.17) is 0 Å². The van der Waals surface area contributed by atoms with Crippen molar-refractivity contribution in [2.45, 2.75) is 26.7 Å². The Balaban J connectivity index is 0. The quantitative estimate of drug-likeness (QED) is 0.396. The second-order valence-corrected chi connectivity index (χ2v) is 4.74. The molecule has 84 valence electrons. The SMILES string of the molecule is CCC(C)C(=O)NCCCS(=O)(=O)[O-].[Mg+2]. The topological polar surface area (TPSA) is 86.3 Å². The molecule has 1 amide bonds. The molecule has 0 aromatic rings. The van der Waals surface area contributed by atoms with Gasteiger partial charge in [0.05, 0.1) is 10.1 Å². The van der Waals surface area contributed by atoms with Crippen molar-refractivity contribution in [2.24, 2.45) is 5.92 Å². The average molecular weight is 247 g/mol. The first-order chi connectivity index (χ1) is 6.37. The molecule has 5 nitrogen and oxygen atoms in total. The van der Waals surface area contributed by atoms with E-state index in [-0.39, 0.29) is 47.8 Å². The van der Waals surface area contributed by atoms with Crippen LogP contribution in [0.1, 0.15) is 26.7 Å². The number of hydrogen-bond acceptors (Lipinski definition) is 4. The van der Waals surface area contributed by atoms with E-state index < -0.39 is 15.9 Å². The van der Waals surface area contributed by atoms with E-state index >= 15 is 0 Å². The van der Waals surface area contributed by atoms with Crippen LogP contribution < -0.4 is 5.32 Å². The molecule has 0 rings (SSSR count). The zero-order chi connectivity index (χ0) is 11.2. The molecular formula is C8H16MgNO4S+. The van der Waals surface area contributed by atoms with Gasteiger partial charge in [-0.25, -0.2) is 8.42 Å². The third kappa shape index (κ3) is 10.4. The van der Waals surface area contributed by atoms with E-state index in [0.717, 1.165) is 6.42 Å². The zero-order valence-electron chi connectivity index (χ0n) is 9.15. The first-order valence-corrected chi connectivity index (χ1v) is 6.16. The predicted octanol–water partition coefficient (Wildman–Crippen LogP) is -0.297. The summed E-state index contributed by atoms with van der Waals surface area (Å²) in [7, 11) is -4.15. The van der Waals surface area contributed by atoms with Crippen molar-refractivity contribution in [1.82, 2.24) is 5.32 Å². The molecule has 0 aliphatic carbocycles. The maximum Gasteiger partial charge on any atom is 2.00 e. The van der Waals surface area contributed by atoms with Crippen LogP contribution in [-0.2, 0) is 14.9 Å². The number of hydrogen-bond donors (Lipinski definition) is 1. The third-order valence-corrected chi connectivity index (χ3v) is 2.72. The maximum absolute atomic E-state index is 11.2. The Hall–Kier alpha value is 0.146. The minimum atomic E-state index is -4.15. The van der Waals surface area contributed by atoms with Gasteiger partial charge in [0.15, 0.2) is 0 Å². The molecule has 1 unspecified atom stereocenters. The molecule has 0 aromatic carbocycles. The Morgan fingerprint density at radius 3 is 2.40 bits per heavy atom. The largest absolute Gasteiger partial charge is 2.00 e. The number of carbonyl (C=O) groups is 1. The molecule has 0 radical (unpaired) electrons. The van der Waals surface area contributed by atoms with E-state index in [1.165, 1.54) is 0 Å². The van der Waals surface area contributed by atoms with Crippen LogP contribution in [0.4, 0.5) is 0 Å². The first kappa shape index (κ1) is 17.5. The molecule has 0 aromatic heterocycles. The van der Waals surface area contributed by atoms with Gasteiger partial charge in [0.2, 0.25) is 5.91 Å². The minimum absolute atomic E-state index is 0. The van der Waals surface area contributed by atoms with Crippen LogP contribution in [0.2, 0.25) is 0 Å². The van der Waals surface area contributed by atoms with Crippen LogP contribution in [0.15, 0.2) is 0 Å². The smallest absolute Gasteiger partial charge is 0.748 e. The fraction of sp³-hybridized carbons (Fsp3) is 0.875. The van der Waals surface area contributed by atoms with Gasteiger partial charge in [-0.3, -0.25) is 4.79 Å². The molecule has 0 bridgehead atoms. The van der Waals surface area contributed by atoms with Crippen molar-refractivity contribution in [1.29, 1.82) is 0 Å². The standard InChI is InChI=1S/C8H17NO4S.Mg/c1-3-7(2)8(10)9-5-4-6-14(11,12)13;/h7H,3-6H2,1-2H3,(H,9,10)(H,11,12,13);/q;+2/p-1. The summed E-state index contributed by atoms with van der Waals surface area (Å²) in [6, 6.07) is 0. The van der Waals surface area contributed by atoms with Crippen LogP contribution in [0.25, 0.3) is 0 Å². The Bertz CT molecular complexity index is 278. The Kier molecular flexibility index (Phi) is 9.72. The molecule has 0 spiro atoms. The fourth-order valence-corrected chi connectivity index (χ4v) is 1.32. The summed E-state index contributed by atoms with van der Waals surface area (Å²) in [5, 5.41) is 2.56.